The maximum Gasteiger partial charge on any atom is 0.267 e. The Morgan fingerprint density at radius 2 is 2.12 bits per heavy atom. The summed E-state index contributed by atoms with van der Waals surface area (Å²) < 4.78 is 43.0. The van der Waals surface area contributed by atoms with E-state index in [0.717, 1.165) is 12.1 Å². The van der Waals surface area contributed by atoms with E-state index >= 15 is 0 Å². The Morgan fingerprint density at radius 1 is 1.44 bits per heavy atom. The average molecular weight is 232 g/mol. The van der Waals surface area contributed by atoms with Gasteiger partial charge in [0.2, 0.25) is 0 Å². The van der Waals surface area contributed by atoms with Gasteiger partial charge in [0.1, 0.15) is 17.9 Å². The standard InChI is InChI=1S/C11H11F3O2/c1-16-10-7(3-2-4-15)5-8(12)6-9(10)11(13)14/h4-6,11H,2-3H2,1H3. The van der Waals surface area contributed by atoms with Gasteiger partial charge in [-0.2, -0.15) is 0 Å². The van der Waals surface area contributed by atoms with Gasteiger partial charge in [0.15, 0.2) is 0 Å². The number of hydrogen-bond donors (Lipinski definition) is 0. The highest BCUT2D eigenvalue weighted by Gasteiger charge is 2.18. The number of halogens is 3. The third kappa shape index (κ3) is 2.74. The topological polar surface area (TPSA) is 26.3 Å². The van der Waals surface area contributed by atoms with Crippen LogP contribution < -0.4 is 4.74 Å². The zero-order chi connectivity index (χ0) is 12.1. The molecule has 0 saturated carbocycles. The lowest BCUT2D eigenvalue weighted by atomic mass is 10.0. The number of ether oxygens (including phenoxy) is 1. The molecule has 0 aromatic heterocycles. The van der Waals surface area contributed by atoms with Crippen LogP contribution in [0.25, 0.3) is 0 Å². The molecule has 0 unspecified atom stereocenters. The second-order valence-corrected chi connectivity index (χ2v) is 3.19. The normalized spacial score (nSPS) is 10.6. The number of carbonyl (C=O) groups is 1. The summed E-state index contributed by atoms with van der Waals surface area (Å²) >= 11 is 0. The van der Waals surface area contributed by atoms with Crippen molar-refractivity contribution in [2.45, 2.75) is 19.3 Å². The number of rotatable bonds is 5. The number of benzene rings is 1. The fourth-order valence-electron chi connectivity index (χ4n) is 1.48. The van der Waals surface area contributed by atoms with Crippen LogP contribution in [0.4, 0.5) is 13.2 Å². The molecule has 0 atom stereocenters. The SMILES string of the molecule is COc1c(CCC=O)cc(F)cc1C(F)F. The van der Waals surface area contributed by atoms with Crippen molar-refractivity contribution in [3.05, 3.63) is 29.1 Å². The third-order valence-corrected chi connectivity index (χ3v) is 2.13. The first-order valence-electron chi connectivity index (χ1n) is 4.68. The summed E-state index contributed by atoms with van der Waals surface area (Å²) in [5.74, 6) is -0.796. The van der Waals surface area contributed by atoms with Crippen molar-refractivity contribution < 1.29 is 22.7 Å². The summed E-state index contributed by atoms with van der Waals surface area (Å²) in [7, 11) is 1.24. The summed E-state index contributed by atoms with van der Waals surface area (Å²) in [5.41, 5.74) is -0.201. The van der Waals surface area contributed by atoms with Gasteiger partial charge in [0, 0.05) is 6.42 Å². The average Bonchev–Trinajstić information content (AvgIpc) is 2.25. The van der Waals surface area contributed by atoms with E-state index < -0.39 is 17.8 Å². The van der Waals surface area contributed by atoms with Crippen molar-refractivity contribution in [3.63, 3.8) is 0 Å². The number of aldehydes is 1. The molecule has 0 aliphatic rings. The number of hydrogen-bond acceptors (Lipinski definition) is 2. The molecule has 0 heterocycles. The molecular weight excluding hydrogens is 221 g/mol. The Labute approximate surface area is 91.0 Å². The number of aryl methyl sites for hydroxylation is 1. The van der Waals surface area contributed by atoms with Crippen LogP contribution in [0.5, 0.6) is 5.75 Å². The molecule has 1 rings (SSSR count). The van der Waals surface area contributed by atoms with Crippen molar-refractivity contribution in [1.82, 2.24) is 0 Å². The molecule has 2 nitrogen and oxygen atoms in total. The molecule has 1 aromatic carbocycles. The van der Waals surface area contributed by atoms with Crippen molar-refractivity contribution in [1.29, 1.82) is 0 Å². The zero-order valence-corrected chi connectivity index (χ0v) is 8.67. The van der Waals surface area contributed by atoms with Crippen LogP contribution in [0.15, 0.2) is 12.1 Å². The second kappa shape index (κ2) is 5.53. The summed E-state index contributed by atoms with van der Waals surface area (Å²) in [4.78, 5) is 10.2. The van der Waals surface area contributed by atoms with Crippen molar-refractivity contribution >= 4 is 6.29 Å². The summed E-state index contributed by atoms with van der Waals surface area (Å²) in [6.45, 7) is 0. The Balaban J connectivity index is 3.18. The molecule has 1 aromatic rings. The van der Waals surface area contributed by atoms with Crippen LogP contribution in [0, 0.1) is 5.82 Å². The molecule has 88 valence electrons. The van der Waals surface area contributed by atoms with E-state index in [9.17, 15) is 18.0 Å². The van der Waals surface area contributed by atoms with Gasteiger partial charge in [0.25, 0.3) is 6.43 Å². The third-order valence-electron chi connectivity index (χ3n) is 2.13. The Kier molecular flexibility index (Phi) is 4.34. The van der Waals surface area contributed by atoms with Gasteiger partial charge in [-0.25, -0.2) is 13.2 Å². The lowest BCUT2D eigenvalue weighted by molar-refractivity contribution is -0.107. The molecule has 0 saturated heterocycles. The first-order valence-corrected chi connectivity index (χ1v) is 4.68. The molecule has 0 aliphatic carbocycles. The minimum absolute atomic E-state index is 0.0433. The van der Waals surface area contributed by atoms with Gasteiger partial charge in [-0.1, -0.05) is 0 Å². The molecule has 0 spiro atoms. The maximum absolute atomic E-state index is 13.1. The monoisotopic (exact) mass is 232 g/mol. The van der Waals surface area contributed by atoms with Crippen LogP contribution in [0.3, 0.4) is 0 Å². The minimum Gasteiger partial charge on any atom is -0.496 e. The largest absolute Gasteiger partial charge is 0.496 e. The van der Waals surface area contributed by atoms with Crippen LogP contribution in [0.2, 0.25) is 0 Å². The van der Waals surface area contributed by atoms with Gasteiger partial charge < -0.3 is 9.53 Å². The number of alkyl halides is 2. The molecule has 5 heteroatoms. The number of carbonyl (C=O) groups excluding carboxylic acids is 1. The van der Waals surface area contributed by atoms with Crippen molar-refractivity contribution in [3.8, 4) is 5.75 Å². The highest BCUT2D eigenvalue weighted by atomic mass is 19.3. The predicted octanol–water partition coefficient (Wildman–Crippen LogP) is 2.90. The van der Waals surface area contributed by atoms with Gasteiger partial charge in [0.05, 0.1) is 12.7 Å². The van der Waals surface area contributed by atoms with E-state index in [4.69, 9.17) is 4.74 Å². The van der Waals surface area contributed by atoms with Gasteiger partial charge >= 0.3 is 0 Å². The first kappa shape index (κ1) is 12.5. The second-order valence-electron chi connectivity index (χ2n) is 3.19. The maximum atomic E-state index is 13.1. The Morgan fingerprint density at radius 3 is 2.62 bits per heavy atom. The summed E-state index contributed by atoms with van der Waals surface area (Å²) in [6, 6.07) is 1.85. The number of methoxy groups -OCH3 is 1. The molecule has 0 aliphatic heterocycles. The smallest absolute Gasteiger partial charge is 0.267 e. The minimum atomic E-state index is -2.80. The van der Waals surface area contributed by atoms with Gasteiger partial charge in [-0.3, -0.25) is 0 Å². The van der Waals surface area contributed by atoms with E-state index in [1.54, 1.807) is 0 Å². The fraction of sp³-hybridized carbons (Fsp3) is 0.364. The van der Waals surface area contributed by atoms with Crippen LogP contribution >= 0.6 is 0 Å². The first-order chi connectivity index (χ1) is 7.60. The van der Waals surface area contributed by atoms with E-state index in [0.29, 0.717) is 6.29 Å². The molecule has 0 fully saturated rings. The van der Waals surface area contributed by atoms with E-state index in [1.165, 1.54) is 7.11 Å². The lowest BCUT2D eigenvalue weighted by Crippen LogP contribution is -2.00. The summed E-state index contributed by atoms with van der Waals surface area (Å²) in [5, 5.41) is 0. The zero-order valence-electron chi connectivity index (χ0n) is 8.67. The van der Waals surface area contributed by atoms with Crippen molar-refractivity contribution in [2.24, 2.45) is 0 Å². The van der Waals surface area contributed by atoms with Gasteiger partial charge in [-0.15, -0.1) is 0 Å². The lowest BCUT2D eigenvalue weighted by Gasteiger charge is -2.12. The van der Waals surface area contributed by atoms with E-state index in [1.807, 2.05) is 0 Å². The van der Waals surface area contributed by atoms with E-state index in [-0.39, 0.29) is 24.2 Å². The van der Waals surface area contributed by atoms with E-state index in [2.05, 4.69) is 0 Å². The fourth-order valence-corrected chi connectivity index (χ4v) is 1.48. The highest BCUT2D eigenvalue weighted by Crippen LogP contribution is 2.33. The highest BCUT2D eigenvalue weighted by molar-refractivity contribution is 5.52. The Hall–Kier alpha value is -1.52. The Bertz CT molecular complexity index is 378. The van der Waals surface area contributed by atoms with Crippen LogP contribution in [-0.4, -0.2) is 13.4 Å². The summed E-state index contributed by atoms with van der Waals surface area (Å²) in [6.07, 6.45) is -1.83. The predicted molar refractivity (Wildman–Crippen MR) is 52.3 cm³/mol. The molecule has 16 heavy (non-hydrogen) atoms. The van der Waals surface area contributed by atoms with Gasteiger partial charge in [-0.05, 0) is 24.1 Å². The molecule has 0 radical (unpaired) electrons. The molecule has 0 N–H and O–H groups in total. The van der Waals surface area contributed by atoms with Crippen LogP contribution in [-0.2, 0) is 11.2 Å². The molecule has 0 amide bonds. The van der Waals surface area contributed by atoms with Crippen molar-refractivity contribution in [2.75, 3.05) is 7.11 Å². The molecular formula is C11H11F3O2. The quantitative estimate of drug-likeness (QED) is 0.729. The van der Waals surface area contributed by atoms with Crippen LogP contribution in [0.1, 0.15) is 24.0 Å². The molecule has 0 bridgehead atoms.